The quantitative estimate of drug-likeness (QED) is 0.373. The second-order valence-electron chi connectivity index (χ2n) is 8.09. The van der Waals surface area contributed by atoms with Crippen molar-refractivity contribution in [2.75, 3.05) is 0 Å². The van der Waals surface area contributed by atoms with Crippen molar-refractivity contribution in [1.29, 1.82) is 0 Å². The maximum atomic E-state index is 13.0. The number of rotatable bonds is 6. The van der Waals surface area contributed by atoms with E-state index in [1.165, 1.54) is 6.26 Å². The van der Waals surface area contributed by atoms with Crippen molar-refractivity contribution in [3.8, 4) is 0 Å². The number of furan rings is 1. The molecule has 0 saturated heterocycles. The van der Waals surface area contributed by atoms with Crippen LogP contribution in [0.3, 0.4) is 0 Å². The van der Waals surface area contributed by atoms with E-state index in [9.17, 15) is 9.59 Å². The molecule has 0 unspecified atom stereocenters. The molecule has 2 amide bonds. The lowest BCUT2D eigenvalue weighted by Crippen LogP contribution is -2.22. The largest absolute Gasteiger partial charge is 0.445 e. The molecule has 6 rings (SSSR count). The molecule has 4 aromatic heterocycles. The fourth-order valence-electron chi connectivity index (χ4n) is 4.53. The summed E-state index contributed by atoms with van der Waals surface area (Å²) in [5.74, 6) is -0.912. The molecule has 0 atom stereocenters. The molecule has 1 N–H and O–H groups in total. The van der Waals surface area contributed by atoms with E-state index in [1.807, 2.05) is 41.2 Å². The number of carbonyl (C=O) groups is 2. The van der Waals surface area contributed by atoms with Gasteiger partial charge in [0, 0.05) is 70.3 Å². The third-order valence-corrected chi connectivity index (χ3v) is 6.27. The van der Waals surface area contributed by atoms with Crippen molar-refractivity contribution in [1.82, 2.24) is 24.4 Å². The molecule has 34 heavy (non-hydrogen) atoms. The van der Waals surface area contributed by atoms with Crippen molar-refractivity contribution < 1.29 is 14.0 Å². The van der Waals surface area contributed by atoms with Crippen LogP contribution >= 0.6 is 11.6 Å². The van der Waals surface area contributed by atoms with Crippen LogP contribution in [0.4, 0.5) is 0 Å². The number of pyridine rings is 1. The van der Waals surface area contributed by atoms with E-state index in [1.54, 1.807) is 24.8 Å². The minimum Gasteiger partial charge on any atom is -0.445 e. The van der Waals surface area contributed by atoms with Gasteiger partial charge in [0.25, 0.3) is 11.8 Å². The first-order chi connectivity index (χ1) is 16.6. The van der Waals surface area contributed by atoms with Crippen LogP contribution in [0.1, 0.15) is 17.5 Å². The van der Waals surface area contributed by atoms with Gasteiger partial charge in [-0.05, 0) is 36.8 Å². The summed E-state index contributed by atoms with van der Waals surface area (Å²) in [6, 6.07) is 9.17. The molecular weight excluding hydrogens is 454 g/mol. The Labute approximate surface area is 198 Å². The van der Waals surface area contributed by atoms with Crippen LogP contribution < -0.4 is 5.32 Å². The number of nitrogens with one attached hydrogen (secondary N) is 1. The lowest BCUT2D eigenvalue weighted by Gasteiger charge is -2.06. The second kappa shape index (κ2) is 8.00. The molecule has 168 valence electrons. The van der Waals surface area contributed by atoms with Gasteiger partial charge in [0.15, 0.2) is 0 Å². The molecule has 1 aliphatic rings. The smallest absolute Gasteiger partial charge is 0.259 e. The fraction of sp³-hybridized carbons (Fsp3) is 0.120. The minimum atomic E-state index is -0.463. The highest BCUT2D eigenvalue weighted by Gasteiger charge is 2.35. The maximum Gasteiger partial charge on any atom is 0.259 e. The number of amides is 2. The van der Waals surface area contributed by atoms with Gasteiger partial charge in [-0.2, -0.15) is 0 Å². The predicted molar refractivity (Wildman–Crippen MR) is 128 cm³/mol. The number of hydrogen-bond donors (Lipinski definition) is 1. The molecule has 1 aliphatic heterocycles. The first kappa shape index (κ1) is 20.4. The molecule has 0 radical (unpaired) electrons. The van der Waals surface area contributed by atoms with Gasteiger partial charge in [0.05, 0.1) is 17.5 Å². The van der Waals surface area contributed by atoms with Crippen LogP contribution in [0, 0.1) is 0 Å². The highest BCUT2D eigenvalue weighted by molar-refractivity contribution is 6.50. The molecule has 0 aliphatic carbocycles. The Morgan fingerprint density at radius 1 is 1.00 bits per heavy atom. The van der Waals surface area contributed by atoms with Crippen molar-refractivity contribution in [2.45, 2.75) is 19.5 Å². The molecule has 5 heterocycles. The molecule has 0 bridgehead atoms. The Morgan fingerprint density at radius 2 is 1.85 bits per heavy atom. The normalized spacial score (nSPS) is 14.0. The monoisotopic (exact) mass is 471 g/mol. The topological polar surface area (TPSA) is 95.0 Å². The van der Waals surface area contributed by atoms with Gasteiger partial charge in [-0.3, -0.25) is 14.9 Å². The van der Waals surface area contributed by atoms with Crippen LogP contribution in [0.15, 0.2) is 72.1 Å². The van der Waals surface area contributed by atoms with Crippen LogP contribution in [0.2, 0.25) is 5.02 Å². The number of nitrogens with zero attached hydrogens (tertiary/aromatic N) is 4. The SMILES string of the molecule is O=C1NC(=O)C(c2cn(CCCn3ccnc3)c3ccc(Cl)cc23)=C1c1coc2ncccc12. The number of imidazole rings is 1. The number of carbonyl (C=O) groups excluding carboxylic acids is 2. The zero-order valence-corrected chi connectivity index (χ0v) is 18.6. The Kier molecular flexibility index (Phi) is 4.81. The standard InChI is InChI=1S/C25H18ClN5O3/c26-15-4-5-20-17(11-15)18(12-31(20)9-2-8-30-10-7-27-14-30)21-22(24(33)29-23(21)32)19-13-34-25-16(19)3-1-6-28-25/h1,3-7,10-14H,2,8-9H2,(H,29,32,33). The summed E-state index contributed by atoms with van der Waals surface area (Å²) in [5, 5.41) is 4.48. The third-order valence-electron chi connectivity index (χ3n) is 6.04. The van der Waals surface area contributed by atoms with Gasteiger partial charge in [0.1, 0.15) is 6.26 Å². The molecule has 0 spiro atoms. The molecule has 8 nitrogen and oxygen atoms in total. The summed E-state index contributed by atoms with van der Waals surface area (Å²) in [5.41, 5.74) is 3.09. The maximum absolute atomic E-state index is 13.0. The highest BCUT2D eigenvalue weighted by atomic mass is 35.5. The van der Waals surface area contributed by atoms with Crippen LogP contribution in [0.5, 0.6) is 0 Å². The summed E-state index contributed by atoms with van der Waals surface area (Å²) in [6.45, 7) is 1.52. The van der Waals surface area contributed by atoms with Gasteiger partial charge in [0.2, 0.25) is 5.71 Å². The van der Waals surface area contributed by atoms with Gasteiger partial charge >= 0.3 is 0 Å². The molecule has 0 saturated carbocycles. The molecular formula is C25H18ClN5O3. The molecule has 5 aromatic rings. The van der Waals surface area contributed by atoms with Crippen molar-refractivity contribution in [3.63, 3.8) is 0 Å². The number of aryl methyl sites for hydroxylation is 2. The zero-order chi connectivity index (χ0) is 23.2. The molecule has 0 fully saturated rings. The number of aromatic nitrogens is 4. The fourth-order valence-corrected chi connectivity index (χ4v) is 4.70. The first-order valence-electron chi connectivity index (χ1n) is 10.8. The van der Waals surface area contributed by atoms with Crippen LogP contribution in [-0.4, -0.2) is 30.9 Å². The van der Waals surface area contributed by atoms with Crippen molar-refractivity contribution in [3.05, 3.63) is 83.9 Å². The number of fused-ring (bicyclic) bond motifs is 2. The van der Waals surface area contributed by atoms with Gasteiger partial charge in [-0.25, -0.2) is 9.97 Å². The number of halogens is 1. The molecule has 1 aromatic carbocycles. The highest BCUT2D eigenvalue weighted by Crippen LogP contribution is 2.39. The van der Waals surface area contributed by atoms with E-state index in [-0.39, 0.29) is 5.57 Å². The summed E-state index contributed by atoms with van der Waals surface area (Å²) in [7, 11) is 0. The van der Waals surface area contributed by atoms with Crippen LogP contribution in [-0.2, 0) is 22.7 Å². The zero-order valence-electron chi connectivity index (χ0n) is 17.9. The average Bonchev–Trinajstić information content (AvgIpc) is 3.60. The van der Waals surface area contributed by atoms with E-state index in [0.29, 0.717) is 39.4 Å². The van der Waals surface area contributed by atoms with E-state index in [4.69, 9.17) is 16.0 Å². The first-order valence-corrected chi connectivity index (χ1v) is 11.1. The average molecular weight is 472 g/mol. The van der Waals surface area contributed by atoms with Crippen molar-refractivity contribution in [2.24, 2.45) is 0 Å². The van der Waals surface area contributed by atoms with Crippen LogP contribution in [0.25, 0.3) is 33.1 Å². The lowest BCUT2D eigenvalue weighted by molar-refractivity contribution is -0.122. The van der Waals surface area contributed by atoms with E-state index in [0.717, 1.165) is 23.9 Å². The Morgan fingerprint density at radius 3 is 2.68 bits per heavy atom. The Balaban J connectivity index is 1.50. The van der Waals surface area contributed by atoms with E-state index < -0.39 is 11.8 Å². The summed E-state index contributed by atoms with van der Waals surface area (Å²) in [4.78, 5) is 34.3. The Hall–Kier alpha value is -4.17. The number of hydrogen-bond acceptors (Lipinski definition) is 5. The lowest BCUT2D eigenvalue weighted by atomic mass is 9.96. The van der Waals surface area contributed by atoms with Gasteiger partial charge in [-0.15, -0.1) is 0 Å². The van der Waals surface area contributed by atoms with E-state index in [2.05, 4.69) is 19.9 Å². The summed E-state index contributed by atoms with van der Waals surface area (Å²) >= 11 is 6.33. The summed E-state index contributed by atoms with van der Waals surface area (Å²) in [6.07, 6.45) is 11.3. The summed E-state index contributed by atoms with van der Waals surface area (Å²) < 4.78 is 9.67. The molecule has 9 heteroatoms. The second-order valence-corrected chi connectivity index (χ2v) is 8.53. The Bertz CT molecular complexity index is 1610. The number of imide groups is 1. The minimum absolute atomic E-state index is 0.272. The van der Waals surface area contributed by atoms with Crippen molar-refractivity contribution >= 4 is 56.6 Å². The van der Waals surface area contributed by atoms with E-state index >= 15 is 0 Å². The van der Waals surface area contributed by atoms with Gasteiger partial charge in [-0.1, -0.05) is 11.6 Å². The third kappa shape index (κ3) is 3.31. The van der Waals surface area contributed by atoms with Gasteiger partial charge < -0.3 is 13.6 Å². The predicted octanol–water partition coefficient (Wildman–Crippen LogP) is 4.29. The number of benzene rings is 1.